The van der Waals surface area contributed by atoms with Crippen LogP contribution in [0.3, 0.4) is 0 Å². The van der Waals surface area contributed by atoms with Crippen molar-refractivity contribution >= 4 is 51.4 Å². The van der Waals surface area contributed by atoms with E-state index in [1.807, 2.05) is 0 Å². The summed E-state index contributed by atoms with van der Waals surface area (Å²) in [5.74, 6) is -1.56. The van der Waals surface area contributed by atoms with Gasteiger partial charge in [-0.1, -0.05) is 11.6 Å². The molecule has 1 heterocycles. The van der Waals surface area contributed by atoms with Crippen LogP contribution in [-0.2, 0) is 0 Å². The van der Waals surface area contributed by atoms with Crippen LogP contribution in [0.1, 0.15) is 10.4 Å². The predicted octanol–water partition coefficient (Wildman–Crippen LogP) is 1.80. The van der Waals surface area contributed by atoms with E-state index in [1.165, 1.54) is 43.6 Å². The molecule has 13 heteroatoms. The summed E-state index contributed by atoms with van der Waals surface area (Å²) in [6.07, 6.45) is -1.85. The minimum absolute atomic E-state index is 0.0430. The van der Waals surface area contributed by atoms with Crippen LogP contribution in [0, 0.1) is 5.82 Å². The maximum absolute atomic E-state index is 14.8. The van der Waals surface area contributed by atoms with Gasteiger partial charge in [-0.05, 0) is 36.5 Å². The van der Waals surface area contributed by atoms with E-state index in [2.05, 4.69) is 10.3 Å². The maximum atomic E-state index is 14.8. The van der Waals surface area contributed by atoms with E-state index >= 15 is 0 Å². The average Bonchev–Trinajstić information content (AvgIpc) is 2.71. The van der Waals surface area contributed by atoms with Gasteiger partial charge in [0.05, 0.1) is 23.9 Å². The van der Waals surface area contributed by atoms with Crippen molar-refractivity contribution in [1.82, 2.24) is 10.3 Å². The van der Waals surface area contributed by atoms with Gasteiger partial charge in [0.1, 0.15) is 16.5 Å². The van der Waals surface area contributed by atoms with Crippen molar-refractivity contribution in [2.45, 2.75) is 6.10 Å². The largest absolute Gasteiger partial charge is 0.496 e. The zero-order valence-corrected chi connectivity index (χ0v) is 17.8. The highest BCUT2D eigenvalue weighted by atomic mass is 35.5. The Morgan fingerprint density at radius 1 is 1.22 bits per heavy atom. The zero-order chi connectivity index (χ0) is 23.6. The molecule has 0 saturated heterocycles. The molecular weight excluding hydrogens is 467 g/mol. The molecule has 0 bridgehead atoms. The number of nitrogens with two attached hydrogens (primary N) is 1. The number of halogens is 2. The van der Waals surface area contributed by atoms with Gasteiger partial charge in [0.25, 0.3) is 5.91 Å². The first kappa shape index (κ1) is 23.4. The first-order valence-electron chi connectivity index (χ1n) is 8.69. The number of benzene rings is 2. The number of methoxy groups -OCH3 is 1. The number of rotatable bonds is 6. The molecule has 32 heavy (non-hydrogen) atoms. The topological polar surface area (TPSA) is 159 Å². The number of fused-ring (bicyclic) bond motifs is 1. The molecule has 0 atom stereocenters. The highest BCUT2D eigenvalue weighted by Gasteiger charge is 2.21. The van der Waals surface area contributed by atoms with Gasteiger partial charge in [-0.2, -0.15) is 0 Å². The maximum Gasteiger partial charge on any atom is 0.368 e. The fourth-order valence-corrected chi connectivity index (χ4v) is 3.18. The average molecular weight is 483 g/mol. The van der Waals surface area contributed by atoms with E-state index in [9.17, 15) is 9.18 Å². The summed E-state index contributed by atoms with van der Waals surface area (Å²) in [6, 6.07) is 6.92. The second-order valence-corrected chi connectivity index (χ2v) is 7.09. The van der Waals surface area contributed by atoms with Crippen LogP contribution in [-0.4, -0.2) is 44.5 Å². The van der Waals surface area contributed by atoms with Gasteiger partial charge in [0.2, 0.25) is 0 Å². The van der Waals surface area contributed by atoms with Gasteiger partial charge in [0, 0.05) is 17.6 Å². The Bertz CT molecular complexity index is 1220. The van der Waals surface area contributed by atoms with Gasteiger partial charge in [-0.25, -0.2) is 4.39 Å². The number of pyridine rings is 1. The van der Waals surface area contributed by atoms with Crippen LogP contribution in [0.4, 0.5) is 10.1 Å². The summed E-state index contributed by atoms with van der Waals surface area (Å²) in [7, 11) is 1.38. The molecular formula is C19H16ClFN4O6S. The molecule has 168 valence electrons. The number of hydrogen-bond donors (Lipinski definition) is 6. The Morgan fingerprint density at radius 3 is 2.56 bits per heavy atom. The molecule has 10 nitrogen and oxygen atoms in total. The SMILES string of the molecule is COc1cc2nccc(Oc3ccc(NC(=S)NC(O)(O)O)c(Cl)c3F)c2cc1C(N)=O. The van der Waals surface area contributed by atoms with Gasteiger partial charge in [-0.3, -0.25) is 15.1 Å². The van der Waals surface area contributed by atoms with Crippen LogP contribution in [0.2, 0.25) is 5.02 Å². The van der Waals surface area contributed by atoms with Crippen molar-refractivity contribution in [3.8, 4) is 17.2 Å². The molecule has 2 aromatic carbocycles. The number of hydrogen-bond acceptors (Lipinski definition) is 8. The molecule has 0 aliphatic heterocycles. The number of thiocarbonyl (C=S) groups is 1. The Labute approximate surface area is 190 Å². The lowest BCUT2D eigenvalue weighted by Crippen LogP contribution is -2.49. The zero-order valence-electron chi connectivity index (χ0n) is 16.2. The second-order valence-electron chi connectivity index (χ2n) is 6.30. The van der Waals surface area contributed by atoms with Crippen LogP contribution in [0.15, 0.2) is 36.5 Å². The van der Waals surface area contributed by atoms with E-state index in [4.69, 9.17) is 54.3 Å². The summed E-state index contributed by atoms with van der Waals surface area (Å²) < 4.78 is 25.7. The number of nitrogens with zero attached hydrogens (tertiary/aromatic N) is 1. The van der Waals surface area contributed by atoms with Gasteiger partial charge < -0.3 is 35.8 Å². The molecule has 7 N–H and O–H groups in total. The van der Waals surface area contributed by atoms with Crippen molar-refractivity contribution < 1.29 is 34.0 Å². The molecule has 3 rings (SSSR count). The number of primary amides is 1. The number of nitrogens with one attached hydrogen (secondary N) is 2. The van der Waals surface area contributed by atoms with Crippen molar-refractivity contribution in [3.63, 3.8) is 0 Å². The number of carbonyl (C=O) groups excluding carboxylic acids is 1. The minimum Gasteiger partial charge on any atom is -0.496 e. The Balaban J connectivity index is 1.95. The van der Waals surface area contributed by atoms with E-state index in [0.29, 0.717) is 10.9 Å². The van der Waals surface area contributed by atoms with E-state index in [0.717, 1.165) is 0 Å². The van der Waals surface area contributed by atoms with Crippen LogP contribution in [0.5, 0.6) is 17.2 Å². The first-order chi connectivity index (χ1) is 15.0. The Kier molecular flexibility index (Phi) is 6.62. The van der Waals surface area contributed by atoms with E-state index < -0.39 is 28.0 Å². The normalized spacial score (nSPS) is 11.2. The highest BCUT2D eigenvalue weighted by Crippen LogP contribution is 2.37. The molecule has 0 radical (unpaired) electrons. The molecule has 1 aromatic heterocycles. The van der Waals surface area contributed by atoms with Gasteiger partial charge in [0.15, 0.2) is 16.7 Å². The Morgan fingerprint density at radius 2 is 1.94 bits per heavy atom. The van der Waals surface area contributed by atoms with Gasteiger partial charge in [-0.15, -0.1) is 0 Å². The quantitative estimate of drug-likeness (QED) is 0.226. The van der Waals surface area contributed by atoms with Crippen LogP contribution in [0.25, 0.3) is 10.9 Å². The standard InChI is InChI=1S/C19H16ClFN4O6S/c1-30-14-7-11-8(6-9(14)17(22)26)12(4-5-23-11)31-13-3-2-10(15(20)16(13)21)24-18(32)25-19(27,28)29/h2-7,27-29H,1H3,(H2,22,26)(H2,24,25,32). The van der Waals surface area contributed by atoms with Crippen LogP contribution >= 0.6 is 23.8 Å². The highest BCUT2D eigenvalue weighted by molar-refractivity contribution is 7.80. The van der Waals surface area contributed by atoms with Gasteiger partial charge >= 0.3 is 6.10 Å². The van der Waals surface area contributed by atoms with E-state index in [1.54, 1.807) is 5.32 Å². The molecule has 0 saturated carbocycles. The molecule has 0 aliphatic rings. The molecule has 0 unspecified atom stereocenters. The number of aromatic nitrogens is 1. The number of carbonyl (C=O) groups is 1. The second kappa shape index (κ2) is 9.06. The van der Waals surface area contributed by atoms with Crippen molar-refractivity contribution in [2.24, 2.45) is 5.73 Å². The molecule has 3 aromatic rings. The number of ether oxygens (including phenoxy) is 2. The molecule has 0 fully saturated rings. The monoisotopic (exact) mass is 482 g/mol. The lowest BCUT2D eigenvalue weighted by Gasteiger charge is -2.19. The minimum atomic E-state index is -3.27. The van der Waals surface area contributed by atoms with E-state index in [-0.39, 0.29) is 28.5 Å². The smallest absolute Gasteiger partial charge is 0.368 e. The summed E-state index contributed by atoms with van der Waals surface area (Å²) in [5, 5.41) is 30.3. The molecule has 0 aliphatic carbocycles. The number of anilines is 1. The van der Waals surface area contributed by atoms with Crippen molar-refractivity contribution in [3.05, 3.63) is 52.9 Å². The summed E-state index contributed by atoms with van der Waals surface area (Å²) in [6.45, 7) is 0. The summed E-state index contributed by atoms with van der Waals surface area (Å²) >= 11 is 10.8. The Hall–Kier alpha value is -3.29. The third-order valence-electron chi connectivity index (χ3n) is 4.08. The lowest BCUT2D eigenvalue weighted by atomic mass is 10.1. The molecule has 1 amide bonds. The molecule has 0 spiro atoms. The van der Waals surface area contributed by atoms with Crippen LogP contribution < -0.4 is 25.8 Å². The fourth-order valence-electron chi connectivity index (χ4n) is 2.73. The fraction of sp³-hybridized carbons (Fsp3) is 0.105. The van der Waals surface area contributed by atoms with Crippen molar-refractivity contribution in [1.29, 1.82) is 0 Å². The number of aliphatic hydroxyl groups is 3. The lowest BCUT2D eigenvalue weighted by molar-refractivity contribution is -0.321. The third-order valence-corrected chi connectivity index (χ3v) is 4.66. The summed E-state index contributed by atoms with van der Waals surface area (Å²) in [5.41, 5.74) is 5.85. The van der Waals surface area contributed by atoms with Crippen molar-refractivity contribution in [2.75, 3.05) is 12.4 Å². The number of amides is 1. The first-order valence-corrected chi connectivity index (χ1v) is 9.47. The predicted molar refractivity (Wildman–Crippen MR) is 117 cm³/mol. The third kappa shape index (κ3) is 5.12. The summed E-state index contributed by atoms with van der Waals surface area (Å²) in [4.78, 5) is 15.9.